The van der Waals surface area contributed by atoms with Crippen molar-refractivity contribution in [2.75, 3.05) is 20.8 Å². The number of ketones is 2. The molecule has 2 saturated heterocycles. The summed E-state index contributed by atoms with van der Waals surface area (Å²) < 4.78 is 32.8. The highest BCUT2D eigenvalue weighted by molar-refractivity contribution is 6.39. The molecule has 4 heterocycles. The molecule has 3 fully saturated rings. The van der Waals surface area contributed by atoms with E-state index in [1.54, 1.807) is 13.8 Å². The number of aliphatic hydroxyl groups is 3. The number of rotatable bonds is 9. The van der Waals surface area contributed by atoms with Gasteiger partial charge >= 0.3 is 5.97 Å². The van der Waals surface area contributed by atoms with Gasteiger partial charge < -0.3 is 48.5 Å². The second-order valence-electron chi connectivity index (χ2n) is 20.0. The van der Waals surface area contributed by atoms with E-state index in [0.717, 1.165) is 16.5 Å². The molecule has 6 rings (SSSR count). The summed E-state index contributed by atoms with van der Waals surface area (Å²) in [5.41, 5.74) is 2.68. The third kappa shape index (κ3) is 12.0. The monoisotopic (exact) mass is 933 g/mol. The SMILES string of the molecule is C=CCn1ccc2cc(OC3CCC(C=C(C)C4OC(=O)C5CCCCN5C(=O)C(=O)C5(O)OC(C(OC)CC(C)CC(C)=CC(CC)C(=O)CC(O)C4C)C(OC)CC5C)CC3O)ccc21. The number of piperidine rings is 1. The summed E-state index contributed by atoms with van der Waals surface area (Å²) in [6.45, 7) is 15.8. The van der Waals surface area contributed by atoms with Crippen LogP contribution in [0.3, 0.4) is 0 Å². The van der Waals surface area contributed by atoms with Crippen molar-refractivity contribution in [2.24, 2.45) is 29.6 Å². The molecule has 14 heteroatoms. The molecule has 1 aromatic heterocycles. The predicted molar refractivity (Wildman–Crippen MR) is 254 cm³/mol. The van der Waals surface area contributed by atoms with Gasteiger partial charge in [0.25, 0.3) is 11.7 Å². The van der Waals surface area contributed by atoms with Crippen LogP contribution in [0.5, 0.6) is 5.75 Å². The molecule has 1 aromatic carbocycles. The van der Waals surface area contributed by atoms with E-state index >= 15 is 0 Å². The fourth-order valence-electron chi connectivity index (χ4n) is 11.0. The Labute approximate surface area is 396 Å². The number of amides is 1. The zero-order valence-corrected chi connectivity index (χ0v) is 40.9. The van der Waals surface area contributed by atoms with Crippen LogP contribution in [-0.2, 0) is 44.7 Å². The van der Waals surface area contributed by atoms with Crippen molar-refractivity contribution < 1.29 is 58.2 Å². The van der Waals surface area contributed by atoms with E-state index in [9.17, 15) is 34.5 Å². The van der Waals surface area contributed by atoms with E-state index in [1.807, 2.05) is 69.5 Å². The van der Waals surface area contributed by atoms with Gasteiger partial charge in [-0.25, -0.2) is 4.79 Å². The minimum absolute atomic E-state index is 0.0207. The Balaban J connectivity index is 1.28. The minimum atomic E-state index is -2.52. The van der Waals surface area contributed by atoms with Crippen molar-refractivity contribution >= 4 is 34.3 Å². The number of carbonyl (C=O) groups excluding carboxylic acids is 4. The number of ether oxygens (including phenoxy) is 5. The second kappa shape index (κ2) is 23.0. The Morgan fingerprint density at radius 1 is 0.940 bits per heavy atom. The van der Waals surface area contributed by atoms with Crippen LogP contribution in [0.25, 0.3) is 10.9 Å². The Bertz CT molecular complexity index is 2130. The third-order valence-corrected chi connectivity index (χ3v) is 14.9. The minimum Gasteiger partial charge on any atom is -0.488 e. The summed E-state index contributed by atoms with van der Waals surface area (Å²) in [6.07, 6.45) is 6.84. The van der Waals surface area contributed by atoms with E-state index in [-0.39, 0.29) is 43.4 Å². The molecule has 2 bridgehead atoms. The van der Waals surface area contributed by atoms with Crippen LogP contribution in [0.1, 0.15) is 112 Å². The maximum atomic E-state index is 14.5. The van der Waals surface area contributed by atoms with Crippen LogP contribution < -0.4 is 4.74 Å². The van der Waals surface area contributed by atoms with Crippen LogP contribution in [0.2, 0.25) is 0 Å². The number of Topliss-reactive ketones (excluding diaryl/α,β-unsaturated/α-hetero) is 2. The van der Waals surface area contributed by atoms with Crippen molar-refractivity contribution in [3.05, 3.63) is 66.4 Å². The summed E-state index contributed by atoms with van der Waals surface area (Å²) in [4.78, 5) is 58.4. The molecule has 14 atom stereocenters. The zero-order chi connectivity index (χ0) is 48.7. The highest BCUT2D eigenvalue weighted by Gasteiger charge is 2.56. The van der Waals surface area contributed by atoms with Crippen LogP contribution in [0.15, 0.2) is 66.4 Å². The largest absolute Gasteiger partial charge is 0.488 e. The van der Waals surface area contributed by atoms with Gasteiger partial charge in [0.05, 0.1) is 24.4 Å². The molecular formula is C53H76N2O12. The first-order valence-electron chi connectivity index (χ1n) is 24.5. The molecule has 370 valence electrons. The molecule has 0 radical (unpaired) electrons. The molecule has 3 aliphatic heterocycles. The normalized spacial score (nSPS) is 35.9. The Hall–Kier alpha value is -4.18. The van der Waals surface area contributed by atoms with Gasteiger partial charge in [0, 0.05) is 68.6 Å². The number of methoxy groups -OCH3 is 2. The topological polar surface area (TPSA) is 183 Å². The highest BCUT2D eigenvalue weighted by atomic mass is 16.7. The fourth-order valence-corrected chi connectivity index (χ4v) is 11.0. The molecule has 1 amide bonds. The number of fused-ring (bicyclic) bond motifs is 4. The van der Waals surface area contributed by atoms with Gasteiger partial charge in [0.1, 0.15) is 35.9 Å². The maximum Gasteiger partial charge on any atom is 0.329 e. The molecule has 0 spiro atoms. The first kappa shape index (κ1) is 52.2. The summed E-state index contributed by atoms with van der Waals surface area (Å²) in [5, 5.41) is 36.4. The predicted octanol–water partition coefficient (Wildman–Crippen LogP) is 7.05. The smallest absolute Gasteiger partial charge is 0.329 e. The van der Waals surface area contributed by atoms with E-state index in [2.05, 4.69) is 18.1 Å². The van der Waals surface area contributed by atoms with Gasteiger partial charge in [-0.3, -0.25) is 14.4 Å². The second-order valence-corrected chi connectivity index (χ2v) is 20.0. The highest BCUT2D eigenvalue weighted by Crippen LogP contribution is 2.40. The average Bonchev–Trinajstić information content (AvgIpc) is 3.71. The number of cyclic esters (lactones) is 1. The summed E-state index contributed by atoms with van der Waals surface area (Å²) >= 11 is 0. The zero-order valence-electron chi connectivity index (χ0n) is 40.9. The molecule has 3 N–H and O–H groups in total. The molecule has 14 unspecified atom stereocenters. The Kier molecular flexibility index (Phi) is 17.9. The first-order chi connectivity index (χ1) is 31.9. The first-order valence-corrected chi connectivity index (χ1v) is 24.5. The number of esters is 1. The lowest BCUT2D eigenvalue weighted by atomic mass is 9.81. The van der Waals surface area contributed by atoms with Gasteiger partial charge in [-0.2, -0.15) is 0 Å². The molecule has 2 aromatic rings. The van der Waals surface area contributed by atoms with Crippen molar-refractivity contribution in [3.63, 3.8) is 0 Å². The summed E-state index contributed by atoms with van der Waals surface area (Å²) in [6, 6.07) is 6.75. The van der Waals surface area contributed by atoms with Gasteiger partial charge in [0.2, 0.25) is 5.79 Å². The quantitative estimate of drug-likeness (QED) is 0.133. The number of nitrogens with zero attached hydrogens (tertiary/aromatic N) is 2. The lowest BCUT2D eigenvalue weighted by Gasteiger charge is -2.47. The van der Waals surface area contributed by atoms with E-state index in [1.165, 1.54) is 19.1 Å². The van der Waals surface area contributed by atoms with Crippen molar-refractivity contribution in [3.8, 4) is 5.75 Å². The number of carbonyl (C=O) groups is 4. The van der Waals surface area contributed by atoms with Gasteiger partial charge in [-0.05, 0) is 120 Å². The van der Waals surface area contributed by atoms with Crippen LogP contribution in [-0.4, -0.2) is 124 Å². The fraction of sp³-hybridized carbons (Fsp3) is 0.660. The van der Waals surface area contributed by atoms with Crippen molar-refractivity contribution in [2.45, 2.75) is 173 Å². The van der Waals surface area contributed by atoms with Crippen LogP contribution >= 0.6 is 0 Å². The standard InChI is InChI=1S/C53H76N2O12/c1-10-20-54-22-19-38-29-39(16-17-40(38)54)65-45-18-15-36(28-44(45)58)26-33(5)48-35(7)42(56)30-43(57)37(11-2)24-31(3)23-32(4)25-46(63-8)49-47(64-9)27-34(6)53(62,67-49)50(59)51(60)55-21-13-12-14-41(55)52(61)66-48/h10,16-17,19,22,24,26,29,32,34-37,41-42,44-49,56,58,62H,1,11-15,18,20-21,23,25,27-28,30H2,2-9H3. The number of hydrogen-bond acceptors (Lipinski definition) is 12. The Morgan fingerprint density at radius 3 is 2.36 bits per heavy atom. The maximum absolute atomic E-state index is 14.5. The number of allylic oxidation sites excluding steroid dienone is 4. The lowest BCUT2D eigenvalue weighted by molar-refractivity contribution is -0.302. The summed E-state index contributed by atoms with van der Waals surface area (Å²) in [7, 11) is 3.07. The lowest BCUT2D eigenvalue weighted by Crippen LogP contribution is -2.64. The number of aromatic nitrogens is 1. The molecule has 4 aliphatic rings. The molecule has 1 saturated carbocycles. The summed E-state index contributed by atoms with van der Waals surface area (Å²) in [5.74, 6) is -7.12. The molecule has 67 heavy (non-hydrogen) atoms. The van der Waals surface area contributed by atoms with Gasteiger partial charge in [0.15, 0.2) is 0 Å². The molecule has 1 aliphatic carbocycles. The van der Waals surface area contributed by atoms with Crippen LogP contribution in [0, 0.1) is 29.6 Å². The molecule has 14 nitrogen and oxygen atoms in total. The van der Waals surface area contributed by atoms with Crippen molar-refractivity contribution in [1.82, 2.24) is 9.47 Å². The average molecular weight is 933 g/mol. The molecular weight excluding hydrogens is 857 g/mol. The van der Waals surface area contributed by atoms with Gasteiger partial charge in [-0.15, -0.1) is 6.58 Å². The number of hydrogen-bond donors (Lipinski definition) is 3. The van der Waals surface area contributed by atoms with E-state index < -0.39 is 90.0 Å². The van der Waals surface area contributed by atoms with Crippen molar-refractivity contribution in [1.29, 1.82) is 0 Å². The van der Waals surface area contributed by atoms with E-state index in [4.69, 9.17) is 23.7 Å². The third-order valence-electron chi connectivity index (χ3n) is 14.9. The van der Waals surface area contributed by atoms with Crippen LogP contribution in [0.4, 0.5) is 0 Å². The Morgan fingerprint density at radius 2 is 1.67 bits per heavy atom. The number of benzene rings is 1. The van der Waals surface area contributed by atoms with E-state index in [0.29, 0.717) is 69.2 Å². The van der Waals surface area contributed by atoms with Gasteiger partial charge in [-0.1, -0.05) is 51.5 Å². The number of aliphatic hydroxyl groups excluding tert-OH is 2.